The number of hydrogen-bond donors (Lipinski definition) is 0. The average molecular weight is 434 g/mol. The van der Waals surface area contributed by atoms with Gasteiger partial charge in [0.1, 0.15) is 5.75 Å². The van der Waals surface area contributed by atoms with Gasteiger partial charge in [-0.25, -0.2) is 4.79 Å². The Morgan fingerprint density at radius 3 is 1.88 bits per heavy atom. The van der Waals surface area contributed by atoms with Gasteiger partial charge in [0.2, 0.25) is 5.91 Å². The van der Waals surface area contributed by atoms with E-state index < -0.39 is 0 Å². The summed E-state index contributed by atoms with van der Waals surface area (Å²) in [7, 11) is 3.35. The van der Waals surface area contributed by atoms with Gasteiger partial charge in [-0.15, -0.1) is 0 Å². The van der Waals surface area contributed by atoms with Crippen LogP contribution in [0, 0.1) is 0 Å². The number of pyridine rings is 1. The van der Waals surface area contributed by atoms with Gasteiger partial charge in [-0.2, -0.15) is 0 Å². The fourth-order valence-electron chi connectivity index (χ4n) is 2.95. The van der Waals surface area contributed by atoms with Crippen molar-refractivity contribution >= 4 is 11.9 Å². The van der Waals surface area contributed by atoms with Gasteiger partial charge >= 0.3 is 6.03 Å². The number of methoxy groups -OCH3 is 1. The van der Waals surface area contributed by atoms with Gasteiger partial charge in [0.15, 0.2) is 0 Å². The summed E-state index contributed by atoms with van der Waals surface area (Å²) in [4.78, 5) is 30.3. The normalized spacial score (nSPS) is 12.2. The molecule has 168 valence electrons. The third-order valence-corrected chi connectivity index (χ3v) is 4.77. The number of carbonyl (C=O) groups excluding carboxylic acids is 2. The smallest absolute Gasteiger partial charge is 0.326 e. The van der Waals surface area contributed by atoms with Crippen molar-refractivity contribution < 1.29 is 14.3 Å². The Bertz CT molecular complexity index is 818. The molecule has 4 rings (SSSR count). The lowest BCUT2D eigenvalue weighted by Crippen LogP contribution is -2.34. The summed E-state index contributed by atoms with van der Waals surface area (Å²) in [5, 5.41) is 0. The minimum absolute atomic E-state index is 0.0761. The number of likely N-dealkylation sites (N-methyl/N-ethyl adjacent to an activating group) is 1. The molecule has 0 atom stereocenters. The van der Waals surface area contributed by atoms with Crippen LogP contribution in [0.15, 0.2) is 91.3 Å². The van der Waals surface area contributed by atoms with E-state index in [0.29, 0.717) is 19.5 Å². The van der Waals surface area contributed by atoms with Crippen LogP contribution in [0.3, 0.4) is 0 Å². The van der Waals surface area contributed by atoms with E-state index in [1.165, 1.54) is 10.5 Å². The zero-order valence-electron chi connectivity index (χ0n) is 18.8. The molecule has 0 aliphatic carbocycles. The van der Waals surface area contributed by atoms with Gasteiger partial charge < -0.3 is 9.64 Å². The van der Waals surface area contributed by atoms with Crippen molar-refractivity contribution in [1.82, 2.24) is 14.8 Å². The molecule has 6 nitrogen and oxygen atoms in total. The Morgan fingerprint density at radius 1 is 0.906 bits per heavy atom. The van der Waals surface area contributed by atoms with Gasteiger partial charge in [-0.05, 0) is 42.7 Å². The number of imide groups is 1. The van der Waals surface area contributed by atoms with Crippen LogP contribution in [0.4, 0.5) is 4.79 Å². The molecule has 1 aliphatic heterocycles. The molecule has 3 amide bonds. The van der Waals surface area contributed by atoms with Gasteiger partial charge in [0, 0.05) is 39.0 Å². The second kappa shape index (κ2) is 14.4. The van der Waals surface area contributed by atoms with Crippen molar-refractivity contribution in [3.63, 3.8) is 0 Å². The van der Waals surface area contributed by atoms with Crippen LogP contribution in [0.25, 0.3) is 0 Å². The Balaban J connectivity index is 0.000000243. The first-order valence-corrected chi connectivity index (χ1v) is 10.6. The second-order valence-electron chi connectivity index (χ2n) is 7.13. The lowest BCUT2D eigenvalue weighted by molar-refractivity contribution is -0.127. The maximum atomic E-state index is 12.0. The summed E-state index contributed by atoms with van der Waals surface area (Å²) >= 11 is 0. The molecule has 1 aliphatic rings. The lowest BCUT2D eigenvalue weighted by atomic mass is 10.1. The van der Waals surface area contributed by atoms with Crippen LogP contribution >= 0.6 is 0 Å². The van der Waals surface area contributed by atoms with Crippen LogP contribution in [-0.2, 0) is 11.2 Å². The van der Waals surface area contributed by atoms with Crippen LogP contribution in [-0.4, -0.2) is 54.0 Å². The first kappa shape index (κ1) is 24.6. The molecule has 1 aromatic heterocycles. The zero-order valence-corrected chi connectivity index (χ0v) is 18.8. The SMILES string of the molecule is COc1ccc(CCCC(=O)N2CCN(C)C2=O)cc1.c1ccccc1.c1ccncc1. The van der Waals surface area contributed by atoms with Crippen molar-refractivity contribution in [3.8, 4) is 5.75 Å². The van der Waals surface area contributed by atoms with Gasteiger partial charge in [0.25, 0.3) is 0 Å². The minimum Gasteiger partial charge on any atom is -0.497 e. The largest absolute Gasteiger partial charge is 0.497 e. The molecule has 0 spiro atoms. The third-order valence-electron chi connectivity index (χ3n) is 4.77. The second-order valence-corrected chi connectivity index (χ2v) is 7.13. The van der Waals surface area contributed by atoms with Gasteiger partial charge in [-0.3, -0.25) is 14.7 Å². The first-order chi connectivity index (χ1) is 15.6. The maximum absolute atomic E-state index is 12.0. The van der Waals surface area contributed by atoms with E-state index in [9.17, 15) is 9.59 Å². The molecule has 3 aromatic rings. The number of benzene rings is 2. The molecular weight excluding hydrogens is 402 g/mol. The molecule has 0 saturated carbocycles. The molecule has 6 heteroatoms. The predicted octanol–water partition coefficient (Wildman–Crippen LogP) is 4.68. The molecule has 1 fully saturated rings. The Morgan fingerprint density at radius 2 is 1.47 bits per heavy atom. The zero-order chi connectivity index (χ0) is 23.0. The summed E-state index contributed by atoms with van der Waals surface area (Å²) in [6.45, 7) is 1.14. The molecule has 0 unspecified atom stereocenters. The monoisotopic (exact) mass is 433 g/mol. The molecule has 0 bridgehead atoms. The van der Waals surface area contributed by atoms with Crippen LogP contribution in [0.5, 0.6) is 5.75 Å². The fourth-order valence-corrected chi connectivity index (χ4v) is 2.95. The summed E-state index contributed by atoms with van der Waals surface area (Å²) in [6.07, 6.45) is 5.48. The number of carbonyl (C=O) groups is 2. The molecular formula is C26H31N3O3. The van der Waals surface area contributed by atoms with E-state index in [0.717, 1.165) is 18.6 Å². The van der Waals surface area contributed by atoms with Gasteiger partial charge in [0.05, 0.1) is 7.11 Å². The number of nitrogens with zero attached hydrogens (tertiary/aromatic N) is 3. The van der Waals surface area contributed by atoms with Crippen LogP contribution < -0.4 is 4.74 Å². The number of amides is 3. The third kappa shape index (κ3) is 9.00. The Labute approximate surface area is 190 Å². The Kier molecular flexibility index (Phi) is 11.0. The van der Waals surface area contributed by atoms with E-state index in [2.05, 4.69) is 4.98 Å². The Hall–Kier alpha value is -3.67. The first-order valence-electron chi connectivity index (χ1n) is 10.6. The number of urea groups is 1. The highest BCUT2D eigenvalue weighted by molar-refractivity contribution is 5.95. The number of aromatic nitrogens is 1. The van der Waals surface area contributed by atoms with Crippen molar-refractivity contribution in [2.45, 2.75) is 19.3 Å². The number of aryl methyl sites for hydroxylation is 1. The topological polar surface area (TPSA) is 62.7 Å². The number of rotatable bonds is 5. The number of hydrogen-bond acceptors (Lipinski definition) is 4. The maximum Gasteiger partial charge on any atom is 0.326 e. The highest BCUT2D eigenvalue weighted by atomic mass is 16.5. The van der Waals surface area contributed by atoms with E-state index in [1.807, 2.05) is 78.9 Å². The molecule has 2 heterocycles. The highest BCUT2D eigenvalue weighted by Gasteiger charge is 2.29. The standard InChI is InChI=1S/C15H20N2O3.C6H6.C5H5N/c1-16-10-11-17(15(16)19)14(18)5-3-4-12-6-8-13(20-2)9-7-12;2*1-2-4-6-5-3-1/h6-9H,3-5,10-11H2,1-2H3;1-6H;1-5H. The summed E-state index contributed by atoms with van der Waals surface area (Å²) in [5.41, 5.74) is 1.17. The highest BCUT2D eigenvalue weighted by Crippen LogP contribution is 2.14. The minimum atomic E-state index is -0.181. The summed E-state index contributed by atoms with van der Waals surface area (Å²) in [5.74, 6) is 0.753. The van der Waals surface area contributed by atoms with E-state index in [-0.39, 0.29) is 11.9 Å². The predicted molar refractivity (Wildman–Crippen MR) is 126 cm³/mol. The van der Waals surface area contributed by atoms with Crippen molar-refractivity contribution in [2.75, 3.05) is 27.2 Å². The molecule has 1 saturated heterocycles. The number of ether oxygens (including phenoxy) is 1. The molecule has 0 radical (unpaired) electrons. The lowest BCUT2D eigenvalue weighted by Gasteiger charge is -2.13. The van der Waals surface area contributed by atoms with Crippen molar-refractivity contribution in [1.29, 1.82) is 0 Å². The molecule has 0 N–H and O–H groups in total. The van der Waals surface area contributed by atoms with E-state index in [1.54, 1.807) is 31.5 Å². The average Bonchev–Trinajstić information content (AvgIpc) is 3.20. The van der Waals surface area contributed by atoms with Crippen LogP contribution in [0.1, 0.15) is 18.4 Å². The fraction of sp³-hybridized carbons (Fsp3) is 0.269. The van der Waals surface area contributed by atoms with E-state index in [4.69, 9.17) is 4.74 Å². The summed E-state index contributed by atoms with van der Waals surface area (Å²) < 4.78 is 5.10. The quantitative estimate of drug-likeness (QED) is 0.586. The van der Waals surface area contributed by atoms with E-state index >= 15 is 0 Å². The van der Waals surface area contributed by atoms with Crippen molar-refractivity contribution in [2.24, 2.45) is 0 Å². The van der Waals surface area contributed by atoms with Gasteiger partial charge in [-0.1, -0.05) is 54.6 Å². The summed E-state index contributed by atoms with van der Waals surface area (Å²) in [6, 6.07) is 25.4. The van der Waals surface area contributed by atoms with Crippen LogP contribution in [0.2, 0.25) is 0 Å². The molecule has 2 aromatic carbocycles. The molecule has 32 heavy (non-hydrogen) atoms. The van der Waals surface area contributed by atoms with Crippen molar-refractivity contribution in [3.05, 3.63) is 96.8 Å².